The second-order valence-corrected chi connectivity index (χ2v) is 14.4. The molecule has 1 aromatic carbocycles. The van der Waals surface area contributed by atoms with Crippen LogP contribution in [0.2, 0.25) is 0 Å². The third-order valence-corrected chi connectivity index (χ3v) is 9.35. The first-order valence-electron chi connectivity index (χ1n) is 17.7. The SMILES string of the molecule is CC(C)CC(C(=O)NC(C)C(N)=O)N1CCC(NC(=O)C(NC(=O)C(NC(=O)C(Cc2ccc(O)cc2)N2CCC(N)C2=O)C(C)O)C(C)C)C1=O. The van der Waals surface area contributed by atoms with Crippen LogP contribution in [0.25, 0.3) is 0 Å². The molecule has 0 aromatic heterocycles. The Hall–Kier alpha value is -4.77. The predicted molar refractivity (Wildman–Crippen MR) is 189 cm³/mol. The zero-order chi connectivity index (χ0) is 39.0. The molecule has 7 amide bonds. The summed E-state index contributed by atoms with van der Waals surface area (Å²) in [7, 11) is 0. The van der Waals surface area contributed by atoms with Crippen molar-refractivity contribution in [1.29, 1.82) is 0 Å². The van der Waals surface area contributed by atoms with Crippen molar-refractivity contribution >= 4 is 41.4 Å². The molecule has 0 saturated carbocycles. The van der Waals surface area contributed by atoms with Gasteiger partial charge in [-0.2, -0.15) is 0 Å². The zero-order valence-corrected chi connectivity index (χ0v) is 30.6. The molecule has 2 saturated heterocycles. The van der Waals surface area contributed by atoms with Crippen molar-refractivity contribution in [3.63, 3.8) is 0 Å². The van der Waals surface area contributed by atoms with Gasteiger partial charge in [-0.1, -0.05) is 39.8 Å². The Balaban J connectivity index is 1.73. The topological polar surface area (TPSA) is 267 Å². The second kappa shape index (κ2) is 18.1. The normalized spacial score (nSPS) is 21.0. The number of phenols is 1. The van der Waals surface area contributed by atoms with E-state index in [0.29, 0.717) is 18.4 Å². The lowest BCUT2D eigenvalue weighted by atomic mass is 10.0. The maximum Gasteiger partial charge on any atom is 0.245 e. The van der Waals surface area contributed by atoms with Gasteiger partial charge >= 0.3 is 0 Å². The molecule has 8 unspecified atom stereocenters. The fourth-order valence-electron chi connectivity index (χ4n) is 6.28. The molecule has 3 rings (SSSR count). The molecule has 2 heterocycles. The lowest BCUT2D eigenvalue weighted by Crippen LogP contribution is -2.61. The van der Waals surface area contributed by atoms with Gasteiger partial charge in [0, 0.05) is 19.5 Å². The Bertz CT molecular complexity index is 1480. The standard InChI is InChI=1S/C35H54N8O9/c1-17(2)15-25(30(47)38-19(5)29(37)46)43-14-12-24(35(43)52)39-32(49)27(18(3)4)40-33(50)28(20(6)44)41-31(48)26(42-13-11-23(36)34(42)51)16-21-7-9-22(45)10-8-21/h7-10,17-20,23-28,44-45H,11-16,36H2,1-6H3,(H2,37,46)(H,38,47)(H,39,49)(H,40,50)(H,41,48). The molecule has 2 fully saturated rings. The average Bonchev–Trinajstić information content (AvgIpc) is 3.59. The van der Waals surface area contributed by atoms with Crippen LogP contribution < -0.4 is 32.7 Å². The average molecular weight is 731 g/mol. The van der Waals surface area contributed by atoms with Crippen LogP contribution >= 0.6 is 0 Å². The number of amides is 7. The van der Waals surface area contributed by atoms with Crippen LogP contribution in [0.1, 0.15) is 66.4 Å². The highest BCUT2D eigenvalue weighted by atomic mass is 16.3. The summed E-state index contributed by atoms with van der Waals surface area (Å²) >= 11 is 0. The van der Waals surface area contributed by atoms with Crippen LogP contribution in [-0.4, -0.2) is 123 Å². The number of nitrogens with one attached hydrogen (secondary N) is 4. The van der Waals surface area contributed by atoms with Gasteiger partial charge in [0.2, 0.25) is 41.4 Å². The van der Waals surface area contributed by atoms with Gasteiger partial charge in [-0.25, -0.2) is 0 Å². The van der Waals surface area contributed by atoms with E-state index in [4.69, 9.17) is 11.5 Å². The van der Waals surface area contributed by atoms with Crippen molar-refractivity contribution in [2.45, 2.75) is 116 Å². The third-order valence-electron chi connectivity index (χ3n) is 9.35. The zero-order valence-electron chi connectivity index (χ0n) is 30.6. The number of aromatic hydroxyl groups is 1. The van der Waals surface area contributed by atoms with E-state index >= 15 is 0 Å². The number of aliphatic hydroxyl groups is 1. The van der Waals surface area contributed by atoms with Gasteiger partial charge in [-0.3, -0.25) is 33.6 Å². The summed E-state index contributed by atoms with van der Waals surface area (Å²) in [5.41, 5.74) is 11.8. The van der Waals surface area contributed by atoms with Gasteiger partial charge in [0.05, 0.1) is 12.1 Å². The Labute approximate surface area is 303 Å². The van der Waals surface area contributed by atoms with Gasteiger partial charge in [0.1, 0.15) is 42.0 Å². The van der Waals surface area contributed by atoms with Gasteiger partial charge in [-0.15, -0.1) is 0 Å². The first-order chi connectivity index (χ1) is 24.3. The molecule has 0 radical (unpaired) electrons. The number of primary amides is 1. The lowest BCUT2D eigenvalue weighted by Gasteiger charge is -2.31. The highest BCUT2D eigenvalue weighted by Crippen LogP contribution is 2.22. The molecule has 10 N–H and O–H groups in total. The third kappa shape index (κ3) is 10.6. The number of hydrogen-bond acceptors (Lipinski definition) is 10. The monoisotopic (exact) mass is 730 g/mol. The summed E-state index contributed by atoms with van der Waals surface area (Å²) in [6.07, 6.45) is -0.576. The second-order valence-electron chi connectivity index (χ2n) is 14.4. The van der Waals surface area contributed by atoms with Gasteiger partial charge in [-0.05, 0) is 62.6 Å². The quantitative estimate of drug-likeness (QED) is 0.0873. The Morgan fingerprint density at radius 3 is 1.87 bits per heavy atom. The minimum atomic E-state index is -1.53. The molecule has 0 bridgehead atoms. The maximum atomic E-state index is 13.7. The summed E-state index contributed by atoms with van der Waals surface area (Å²) in [6, 6.07) is -1.40. The summed E-state index contributed by atoms with van der Waals surface area (Å²) in [6.45, 7) is 10.2. The smallest absolute Gasteiger partial charge is 0.245 e. The summed E-state index contributed by atoms with van der Waals surface area (Å²) in [4.78, 5) is 94.6. The summed E-state index contributed by atoms with van der Waals surface area (Å²) < 4.78 is 0. The van der Waals surface area contributed by atoms with E-state index in [9.17, 15) is 43.8 Å². The molecule has 8 atom stereocenters. The fourth-order valence-corrected chi connectivity index (χ4v) is 6.28. The van der Waals surface area contributed by atoms with Crippen LogP contribution in [-0.2, 0) is 40.0 Å². The summed E-state index contributed by atoms with van der Waals surface area (Å²) in [5, 5.41) is 30.7. The minimum Gasteiger partial charge on any atom is -0.508 e. The number of benzene rings is 1. The molecular formula is C35H54N8O9. The van der Waals surface area contributed by atoms with Crippen LogP contribution in [0.3, 0.4) is 0 Å². The van der Waals surface area contributed by atoms with Crippen molar-refractivity contribution in [1.82, 2.24) is 31.1 Å². The number of phenolic OH excluding ortho intramolecular Hbond substituents is 1. The Kier molecular flexibility index (Phi) is 14.5. The van der Waals surface area contributed by atoms with Crippen LogP contribution in [0.4, 0.5) is 0 Å². The number of aliphatic hydroxyl groups excluding tert-OH is 1. The van der Waals surface area contributed by atoms with E-state index in [1.54, 1.807) is 26.0 Å². The molecule has 2 aliphatic rings. The van der Waals surface area contributed by atoms with Crippen molar-refractivity contribution in [3.05, 3.63) is 29.8 Å². The highest BCUT2D eigenvalue weighted by Gasteiger charge is 2.43. The van der Waals surface area contributed by atoms with Crippen LogP contribution in [0, 0.1) is 11.8 Å². The van der Waals surface area contributed by atoms with Crippen molar-refractivity contribution in [3.8, 4) is 5.75 Å². The van der Waals surface area contributed by atoms with Crippen LogP contribution in [0.15, 0.2) is 24.3 Å². The Morgan fingerprint density at radius 1 is 0.788 bits per heavy atom. The van der Waals surface area contributed by atoms with E-state index in [-0.39, 0.29) is 37.6 Å². The minimum absolute atomic E-state index is 0.0143. The molecule has 17 nitrogen and oxygen atoms in total. The molecule has 0 spiro atoms. The molecule has 17 heteroatoms. The van der Waals surface area contributed by atoms with Crippen LogP contribution in [0.5, 0.6) is 5.75 Å². The fraction of sp³-hybridized carbons (Fsp3) is 0.629. The number of likely N-dealkylation sites (tertiary alicyclic amines) is 2. The molecule has 2 aliphatic heterocycles. The molecule has 288 valence electrons. The largest absolute Gasteiger partial charge is 0.508 e. The molecule has 52 heavy (non-hydrogen) atoms. The van der Waals surface area contributed by atoms with E-state index in [1.165, 1.54) is 35.8 Å². The van der Waals surface area contributed by atoms with E-state index in [0.717, 1.165) is 0 Å². The van der Waals surface area contributed by atoms with Gasteiger partial charge < -0.3 is 52.7 Å². The first kappa shape index (κ1) is 41.6. The van der Waals surface area contributed by atoms with Gasteiger partial charge in [0.25, 0.3) is 0 Å². The number of hydrogen-bond donors (Lipinski definition) is 8. The van der Waals surface area contributed by atoms with E-state index < -0.39 is 95.7 Å². The number of rotatable bonds is 17. The van der Waals surface area contributed by atoms with Crippen molar-refractivity contribution in [2.24, 2.45) is 23.3 Å². The lowest BCUT2D eigenvalue weighted by molar-refractivity contribution is -0.141. The molecule has 1 aromatic rings. The summed E-state index contributed by atoms with van der Waals surface area (Å²) in [5.74, 6) is -4.97. The maximum absolute atomic E-state index is 13.7. The first-order valence-corrected chi connectivity index (χ1v) is 17.7. The number of nitrogens with zero attached hydrogens (tertiary/aromatic N) is 2. The number of carbonyl (C=O) groups is 7. The predicted octanol–water partition coefficient (Wildman–Crippen LogP) is -2.01. The highest BCUT2D eigenvalue weighted by molar-refractivity contribution is 5.98. The van der Waals surface area contributed by atoms with E-state index in [2.05, 4.69) is 21.3 Å². The van der Waals surface area contributed by atoms with E-state index in [1.807, 2.05) is 13.8 Å². The number of nitrogens with two attached hydrogens (primary N) is 2. The van der Waals surface area contributed by atoms with Crippen molar-refractivity contribution < 1.29 is 43.8 Å². The molecule has 0 aliphatic carbocycles. The number of carbonyl (C=O) groups excluding carboxylic acids is 7. The molecular weight excluding hydrogens is 676 g/mol. The van der Waals surface area contributed by atoms with Crippen molar-refractivity contribution in [2.75, 3.05) is 13.1 Å². The Morgan fingerprint density at radius 2 is 1.35 bits per heavy atom. The van der Waals surface area contributed by atoms with Gasteiger partial charge in [0.15, 0.2) is 0 Å².